The van der Waals surface area contributed by atoms with Crippen LogP contribution >= 0.6 is 11.6 Å². The predicted octanol–water partition coefficient (Wildman–Crippen LogP) is 1.47. The number of hydrogen-bond donors (Lipinski definition) is 2. The second-order valence-corrected chi connectivity index (χ2v) is 5.48. The van der Waals surface area contributed by atoms with E-state index in [0.29, 0.717) is 24.1 Å². The Morgan fingerprint density at radius 3 is 2.39 bits per heavy atom. The van der Waals surface area contributed by atoms with E-state index < -0.39 is 5.60 Å². The predicted molar refractivity (Wildman–Crippen MR) is 74.2 cm³/mol. The van der Waals surface area contributed by atoms with Crippen LogP contribution in [-0.4, -0.2) is 52.8 Å². The fraction of sp³-hybridized carbons (Fsp3) is 0.667. The first kappa shape index (κ1) is 15.1. The maximum atomic E-state index is 10.2. The van der Waals surface area contributed by atoms with Crippen molar-refractivity contribution in [1.29, 1.82) is 0 Å². The molecule has 18 heavy (non-hydrogen) atoms. The summed E-state index contributed by atoms with van der Waals surface area (Å²) in [5, 5.41) is 13.5. The summed E-state index contributed by atoms with van der Waals surface area (Å²) in [6.45, 7) is 6.42. The van der Waals surface area contributed by atoms with Crippen LogP contribution in [0.2, 0.25) is 5.15 Å². The third kappa shape index (κ3) is 4.40. The highest BCUT2D eigenvalue weighted by Gasteiger charge is 2.22. The van der Waals surface area contributed by atoms with Gasteiger partial charge in [0, 0.05) is 13.1 Å². The van der Waals surface area contributed by atoms with Crippen molar-refractivity contribution < 1.29 is 5.11 Å². The molecule has 0 bridgehead atoms. The van der Waals surface area contributed by atoms with Crippen LogP contribution in [0.1, 0.15) is 18.3 Å². The van der Waals surface area contributed by atoms with Crippen LogP contribution in [0.15, 0.2) is 0 Å². The molecule has 1 heterocycles. The molecule has 102 valence electrons. The van der Waals surface area contributed by atoms with Crippen molar-refractivity contribution in [2.45, 2.75) is 26.4 Å². The van der Waals surface area contributed by atoms with Gasteiger partial charge in [0.15, 0.2) is 11.0 Å². The fourth-order valence-electron chi connectivity index (χ4n) is 1.70. The first-order chi connectivity index (χ1) is 8.21. The Morgan fingerprint density at radius 2 is 1.83 bits per heavy atom. The molecule has 6 heteroatoms. The summed E-state index contributed by atoms with van der Waals surface area (Å²) in [6.07, 6.45) is 0. The van der Waals surface area contributed by atoms with Crippen molar-refractivity contribution in [2.75, 3.05) is 32.5 Å². The summed E-state index contributed by atoms with van der Waals surface area (Å²) >= 11 is 6.01. The quantitative estimate of drug-likeness (QED) is 0.850. The third-order valence-corrected chi connectivity index (χ3v) is 2.82. The molecule has 5 nitrogen and oxygen atoms in total. The van der Waals surface area contributed by atoms with Gasteiger partial charge < -0.3 is 15.3 Å². The van der Waals surface area contributed by atoms with Crippen molar-refractivity contribution in [3.05, 3.63) is 16.5 Å². The number of likely N-dealkylation sites (N-methyl/N-ethyl adjacent to an activating group) is 1. The van der Waals surface area contributed by atoms with Crippen molar-refractivity contribution >= 4 is 17.4 Å². The highest BCUT2D eigenvalue weighted by molar-refractivity contribution is 6.31. The Morgan fingerprint density at radius 1 is 1.28 bits per heavy atom. The summed E-state index contributed by atoms with van der Waals surface area (Å²) < 4.78 is 0. The molecule has 0 spiro atoms. The van der Waals surface area contributed by atoms with Gasteiger partial charge >= 0.3 is 0 Å². The Labute approximate surface area is 113 Å². The van der Waals surface area contributed by atoms with Crippen LogP contribution < -0.4 is 5.32 Å². The first-order valence-electron chi connectivity index (χ1n) is 5.83. The second kappa shape index (κ2) is 5.82. The molecule has 1 rings (SSSR count). The lowest BCUT2D eigenvalue weighted by molar-refractivity contribution is 0.0459. The zero-order valence-corrected chi connectivity index (χ0v) is 12.3. The van der Waals surface area contributed by atoms with Gasteiger partial charge in [0.25, 0.3) is 0 Å². The number of nitrogens with one attached hydrogen (secondary N) is 1. The number of rotatable bonds is 5. The van der Waals surface area contributed by atoms with Gasteiger partial charge in [-0.25, -0.2) is 9.97 Å². The standard InChI is InChI=1S/C12H21ClN4O/c1-8-9(2)16-11(10(13)15-8)14-6-12(3,18)7-17(4)5/h18H,6-7H2,1-5H3,(H,14,16). The number of aryl methyl sites for hydroxylation is 2. The SMILES string of the molecule is Cc1nc(Cl)c(NCC(C)(O)CN(C)C)nc1C. The Bertz CT molecular complexity index is 421. The summed E-state index contributed by atoms with van der Waals surface area (Å²) in [5.74, 6) is 0.513. The van der Waals surface area contributed by atoms with Gasteiger partial charge in [0.2, 0.25) is 0 Å². The highest BCUT2D eigenvalue weighted by atomic mass is 35.5. The average molecular weight is 273 g/mol. The number of anilines is 1. The van der Waals surface area contributed by atoms with Crippen LogP contribution in [-0.2, 0) is 0 Å². The molecule has 0 aliphatic carbocycles. The van der Waals surface area contributed by atoms with Crippen LogP contribution in [0.5, 0.6) is 0 Å². The monoisotopic (exact) mass is 272 g/mol. The number of aliphatic hydroxyl groups is 1. The molecule has 0 radical (unpaired) electrons. The summed E-state index contributed by atoms with van der Waals surface area (Å²) in [4.78, 5) is 10.4. The summed E-state index contributed by atoms with van der Waals surface area (Å²) in [7, 11) is 3.83. The lowest BCUT2D eigenvalue weighted by Gasteiger charge is -2.27. The van der Waals surface area contributed by atoms with Crippen LogP contribution in [0.25, 0.3) is 0 Å². The largest absolute Gasteiger partial charge is 0.387 e. The van der Waals surface area contributed by atoms with E-state index >= 15 is 0 Å². The third-order valence-electron chi connectivity index (χ3n) is 2.56. The molecule has 0 amide bonds. The number of hydrogen-bond acceptors (Lipinski definition) is 5. The average Bonchev–Trinajstić information content (AvgIpc) is 2.19. The van der Waals surface area contributed by atoms with Crippen molar-refractivity contribution in [3.63, 3.8) is 0 Å². The van der Waals surface area contributed by atoms with Crippen LogP contribution in [0, 0.1) is 13.8 Å². The molecule has 0 fully saturated rings. The molecule has 1 atom stereocenters. The van der Waals surface area contributed by atoms with Gasteiger partial charge in [0.05, 0.1) is 17.0 Å². The number of nitrogens with zero attached hydrogens (tertiary/aromatic N) is 3. The smallest absolute Gasteiger partial charge is 0.171 e. The Hall–Kier alpha value is -0.910. The van der Waals surface area contributed by atoms with Crippen LogP contribution in [0.3, 0.4) is 0 Å². The number of aromatic nitrogens is 2. The second-order valence-electron chi connectivity index (χ2n) is 5.12. The Kier molecular flexibility index (Phi) is 4.90. The van der Waals surface area contributed by atoms with Crippen molar-refractivity contribution in [3.8, 4) is 0 Å². The normalized spacial score (nSPS) is 14.7. The van der Waals surface area contributed by atoms with E-state index in [0.717, 1.165) is 11.4 Å². The van der Waals surface area contributed by atoms with Gasteiger partial charge in [-0.2, -0.15) is 0 Å². The summed E-state index contributed by atoms with van der Waals surface area (Å²) in [6, 6.07) is 0. The van der Waals surface area contributed by atoms with E-state index in [2.05, 4.69) is 15.3 Å². The molecule has 0 aliphatic rings. The van der Waals surface area contributed by atoms with Crippen molar-refractivity contribution in [2.24, 2.45) is 0 Å². The van der Waals surface area contributed by atoms with E-state index in [1.165, 1.54) is 0 Å². The van der Waals surface area contributed by atoms with Gasteiger partial charge in [-0.15, -0.1) is 0 Å². The van der Waals surface area contributed by atoms with E-state index in [-0.39, 0.29) is 0 Å². The molecule has 1 aromatic heterocycles. The zero-order chi connectivity index (χ0) is 13.9. The zero-order valence-electron chi connectivity index (χ0n) is 11.6. The molecule has 1 aromatic rings. The molecule has 0 saturated carbocycles. The topological polar surface area (TPSA) is 61.3 Å². The van der Waals surface area contributed by atoms with E-state index in [1.54, 1.807) is 6.92 Å². The van der Waals surface area contributed by atoms with Crippen molar-refractivity contribution in [1.82, 2.24) is 14.9 Å². The molecule has 1 unspecified atom stereocenters. The lowest BCUT2D eigenvalue weighted by atomic mass is 10.1. The van der Waals surface area contributed by atoms with E-state index in [4.69, 9.17) is 11.6 Å². The van der Waals surface area contributed by atoms with Gasteiger partial charge in [0.1, 0.15) is 0 Å². The summed E-state index contributed by atoms with van der Waals surface area (Å²) in [5.41, 5.74) is 0.785. The molecule has 0 saturated heterocycles. The number of halogens is 1. The minimum Gasteiger partial charge on any atom is -0.387 e. The minimum atomic E-state index is -0.854. The fourth-order valence-corrected chi connectivity index (χ4v) is 1.94. The molecule has 0 aliphatic heterocycles. The lowest BCUT2D eigenvalue weighted by Crippen LogP contribution is -2.43. The van der Waals surface area contributed by atoms with Gasteiger partial charge in [-0.3, -0.25) is 0 Å². The first-order valence-corrected chi connectivity index (χ1v) is 6.21. The maximum absolute atomic E-state index is 10.2. The Balaban J connectivity index is 2.72. The minimum absolute atomic E-state index is 0.332. The molecule has 0 aromatic carbocycles. The van der Waals surface area contributed by atoms with Crippen LogP contribution in [0.4, 0.5) is 5.82 Å². The van der Waals surface area contributed by atoms with Gasteiger partial charge in [-0.1, -0.05) is 11.6 Å². The van der Waals surface area contributed by atoms with Gasteiger partial charge in [-0.05, 0) is 34.9 Å². The van der Waals surface area contributed by atoms with E-state index in [1.807, 2.05) is 32.8 Å². The molecule has 2 N–H and O–H groups in total. The maximum Gasteiger partial charge on any atom is 0.171 e. The highest BCUT2D eigenvalue weighted by Crippen LogP contribution is 2.19. The molecular weight excluding hydrogens is 252 g/mol. The molecular formula is C12H21ClN4O. The van der Waals surface area contributed by atoms with E-state index in [9.17, 15) is 5.11 Å².